The van der Waals surface area contributed by atoms with Gasteiger partial charge in [0.1, 0.15) is 6.61 Å². The van der Waals surface area contributed by atoms with Crippen molar-refractivity contribution in [2.75, 3.05) is 10.6 Å². The van der Waals surface area contributed by atoms with Crippen molar-refractivity contribution in [2.45, 2.75) is 6.61 Å². The highest BCUT2D eigenvalue weighted by Crippen LogP contribution is 2.23. The molecule has 0 atom stereocenters. The lowest BCUT2D eigenvalue weighted by molar-refractivity contribution is 0.261. The lowest BCUT2D eigenvalue weighted by Crippen LogP contribution is -2.20. The number of carbonyl (C=O) groups is 1. The van der Waals surface area contributed by atoms with Crippen LogP contribution in [0.5, 0.6) is 5.75 Å². The van der Waals surface area contributed by atoms with Crippen LogP contribution in [0.3, 0.4) is 0 Å². The van der Waals surface area contributed by atoms with Gasteiger partial charge in [-0.25, -0.2) is 9.78 Å². The van der Waals surface area contributed by atoms with Crippen molar-refractivity contribution >= 4 is 40.7 Å². The second-order valence-electron chi connectivity index (χ2n) is 5.35. The van der Waals surface area contributed by atoms with Crippen LogP contribution in [0.1, 0.15) is 5.56 Å². The molecule has 132 valence electrons. The molecule has 0 radical (unpaired) electrons. The topological polar surface area (TPSA) is 63.2 Å². The van der Waals surface area contributed by atoms with E-state index in [9.17, 15) is 4.79 Å². The zero-order valence-electron chi connectivity index (χ0n) is 13.6. The number of amides is 2. The number of aromatic nitrogens is 1. The molecule has 26 heavy (non-hydrogen) atoms. The number of pyridine rings is 1. The molecule has 0 saturated heterocycles. The number of carbonyl (C=O) groups excluding carboxylic acids is 1. The number of rotatable bonds is 5. The fourth-order valence-corrected chi connectivity index (χ4v) is 2.50. The molecule has 2 aromatic carbocycles. The van der Waals surface area contributed by atoms with Gasteiger partial charge < -0.3 is 10.1 Å². The van der Waals surface area contributed by atoms with Gasteiger partial charge in [-0.05, 0) is 48.0 Å². The normalized spacial score (nSPS) is 10.2. The van der Waals surface area contributed by atoms with E-state index >= 15 is 0 Å². The van der Waals surface area contributed by atoms with E-state index in [0.29, 0.717) is 33.9 Å². The van der Waals surface area contributed by atoms with Crippen LogP contribution in [0.4, 0.5) is 16.3 Å². The zero-order chi connectivity index (χ0) is 18.4. The van der Waals surface area contributed by atoms with Crippen LogP contribution in [0.25, 0.3) is 0 Å². The first-order valence-corrected chi connectivity index (χ1v) is 8.51. The molecule has 0 bridgehead atoms. The Hall–Kier alpha value is -2.76. The Kier molecular flexibility index (Phi) is 5.94. The Morgan fingerprint density at radius 2 is 1.77 bits per heavy atom. The average Bonchev–Trinajstić information content (AvgIpc) is 2.62. The molecule has 1 heterocycles. The molecular formula is C19H15Cl2N3O2. The molecule has 2 amide bonds. The first kappa shape index (κ1) is 18.0. The first-order valence-electron chi connectivity index (χ1n) is 7.76. The minimum absolute atomic E-state index is 0.320. The first-order chi connectivity index (χ1) is 12.6. The minimum Gasteiger partial charge on any atom is -0.485 e. The molecular weight excluding hydrogens is 373 g/mol. The standard InChI is InChI=1S/C19H15Cl2N3O2/c20-14-8-6-13(7-9-14)12-26-17-5-2-10-22-18(17)24-19(25)23-16-4-1-3-15(21)11-16/h1-11H,12H2,(H2,22,23,24,25). The average molecular weight is 388 g/mol. The molecule has 0 spiro atoms. The Morgan fingerprint density at radius 3 is 2.54 bits per heavy atom. The quantitative estimate of drug-likeness (QED) is 0.597. The Balaban J connectivity index is 1.64. The summed E-state index contributed by atoms with van der Waals surface area (Å²) in [7, 11) is 0. The fraction of sp³-hybridized carbons (Fsp3) is 0.0526. The second-order valence-corrected chi connectivity index (χ2v) is 6.23. The monoisotopic (exact) mass is 387 g/mol. The number of urea groups is 1. The molecule has 0 aliphatic rings. The van der Waals surface area contributed by atoms with Gasteiger partial charge in [0.15, 0.2) is 11.6 Å². The van der Waals surface area contributed by atoms with E-state index in [0.717, 1.165) is 5.56 Å². The summed E-state index contributed by atoms with van der Waals surface area (Å²) in [6.07, 6.45) is 1.57. The summed E-state index contributed by atoms with van der Waals surface area (Å²) in [5.74, 6) is 0.782. The largest absolute Gasteiger partial charge is 0.485 e. The number of halogens is 2. The van der Waals surface area contributed by atoms with Gasteiger partial charge in [0.25, 0.3) is 0 Å². The van der Waals surface area contributed by atoms with Gasteiger partial charge in [0.2, 0.25) is 0 Å². The second kappa shape index (κ2) is 8.56. The third-order valence-electron chi connectivity index (χ3n) is 3.39. The Morgan fingerprint density at radius 1 is 0.962 bits per heavy atom. The van der Waals surface area contributed by atoms with Crippen molar-refractivity contribution in [1.82, 2.24) is 4.98 Å². The summed E-state index contributed by atoms with van der Waals surface area (Å²) in [5.41, 5.74) is 1.53. The van der Waals surface area contributed by atoms with E-state index < -0.39 is 6.03 Å². The van der Waals surface area contributed by atoms with Crippen LogP contribution in [0.2, 0.25) is 10.0 Å². The van der Waals surface area contributed by atoms with Crippen molar-refractivity contribution in [1.29, 1.82) is 0 Å². The maximum absolute atomic E-state index is 12.2. The number of ether oxygens (including phenoxy) is 1. The van der Waals surface area contributed by atoms with Gasteiger partial charge in [-0.2, -0.15) is 0 Å². The van der Waals surface area contributed by atoms with E-state index in [1.54, 1.807) is 54.7 Å². The van der Waals surface area contributed by atoms with E-state index in [1.807, 2.05) is 12.1 Å². The van der Waals surface area contributed by atoms with E-state index in [1.165, 1.54) is 0 Å². The minimum atomic E-state index is -0.442. The van der Waals surface area contributed by atoms with Crippen molar-refractivity contribution in [3.63, 3.8) is 0 Å². The molecule has 0 fully saturated rings. The molecule has 0 aliphatic carbocycles. The number of hydrogen-bond donors (Lipinski definition) is 2. The highest BCUT2D eigenvalue weighted by molar-refractivity contribution is 6.31. The molecule has 1 aromatic heterocycles. The SMILES string of the molecule is O=C(Nc1cccc(Cl)c1)Nc1ncccc1OCc1ccc(Cl)cc1. The molecule has 0 aliphatic heterocycles. The predicted octanol–water partition coefficient (Wildman–Crippen LogP) is 5.61. The summed E-state index contributed by atoms with van der Waals surface area (Å²) in [6, 6.07) is 17.2. The van der Waals surface area contributed by atoms with E-state index in [2.05, 4.69) is 15.6 Å². The lowest BCUT2D eigenvalue weighted by atomic mass is 10.2. The molecule has 2 N–H and O–H groups in total. The van der Waals surface area contributed by atoms with Gasteiger partial charge in [0, 0.05) is 21.9 Å². The molecule has 0 unspecified atom stereocenters. The van der Waals surface area contributed by atoms with Crippen LogP contribution < -0.4 is 15.4 Å². The molecule has 3 aromatic rings. The summed E-state index contributed by atoms with van der Waals surface area (Å²) >= 11 is 11.8. The maximum atomic E-state index is 12.2. The van der Waals surface area contributed by atoms with Gasteiger partial charge in [0.05, 0.1) is 0 Å². The summed E-state index contributed by atoms with van der Waals surface area (Å²) in [6.45, 7) is 0.327. The van der Waals surface area contributed by atoms with E-state index in [-0.39, 0.29) is 0 Å². The third-order valence-corrected chi connectivity index (χ3v) is 3.88. The summed E-state index contributed by atoms with van der Waals surface area (Å²) in [5, 5.41) is 6.56. The Bertz CT molecular complexity index is 901. The number of benzene rings is 2. The van der Waals surface area contributed by atoms with Gasteiger partial charge in [-0.3, -0.25) is 5.32 Å². The Labute approximate surface area is 160 Å². The van der Waals surface area contributed by atoms with Crippen LogP contribution in [0.15, 0.2) is 66.9 Å². The summed E-state index contributed by atoms with van der Waals surface area (Å²) in [4.78, 5) is 16.3. The maximum Gasteiger partial charge on any atom is 0.324 e. The van der Waals surface area contributed by atoms with Crippen molar-refractivity contribution in [2.24, 2.45) is 0 Å². The van der Waals surface area contributed by atoms with Gasteiger partial charge in [-0.1, -0.05) is 41.4 Å². The van der Waals surface area contributed by atoms with Crippen molar-refractivity contribution < 1.29 is 9.53 Å². The zero-order valence-corrected chi connectivity index (χ0v) is 15.1. The van der Waals surface area contributed by atoms with Crippen LogP contribution in [-0.2, 0) is 6.61 Å². The van der Waals surface area contributed by atoms with Crippen LogP contribution in [-0.4, -0.2) is 11.0 Å². The number of anilines is 2. The fourth-order valence-electron chi connectivity index (χ4n) is 2.18. The number of nitrogens with one attached hydrogen (secondary N) is 2. The van der Waals surface area contributed by atoms with E-state index in [4.69, 9.17) is 27.9 Å². The molecule has 7 heteroatoms. The number of hydrogen-bond acceptors (Lipinski definition) is 3. The van der Waals surface area contributed by atoms with Gasteiger partial charge in [-0.15, -0.1) is 0 Å². The number of nitrogens with zero attached hydrogens (tertiary/aromatic N) is 1. The highest BCUT2D eigenvalue weighted by atomic mass is 35.5. The van der Waals surface area contributed by atoms with Crippen LogP contribution >= 0.6 is 23.2 Å². The van der Waals surface area contributed by atoms with Gasteiger partial charge >= 0.3 is 6.03 Å². The van der Waals surface area contributed by atoms with Crippen molar-refractivity contribution in [3.8, 4) is 5.75 Å². The summed E-state index contributed by atoms with van der Waals surface area (Å²) < 4.78 is 5.76. The van der Waals surface area contributed by atoms with Crippen LogP contribution in [0, 0.1) is 0 Å². The predicted molar refractivity (Wildman–Crippen MR) is 104 cm³/mol. The lowest BCUT2D eigenvalue weighted by Gasteiger charge is -2.12. The molecule has 3 rings (SSSR count). The molecule has 5 nitrogen and oxygen atoms in total. The highest BCUT2D eigenvalue weighted by Gasteiger charge is 2.10. The van der Waals surface area contributed by atoms with Crippen molar-refractivity contribution in [3.05, 3.63) is 82.5 Å². The smallest absolute Gasteiger partial charge is 0.324 e. The third kappa shape index (κ3) is 5.12. The molecule has 0 saturated carbocycles.